The smallest absolute Gasteiger partial charge is 0.353 e. The fraction of sp³-hybridized carbons (Fsp3) is 0.500. The van der Waals surface area contributed by atoms with Crippen molar-refractivity contribution in [1.29, 1.82) is 0 Å². The fourth-order valence-electron chi connectivity index (χ4n) is 1.30. The molecule has 0 bridgehead atoms. The maximum atomic E-state index is 11.4. The molecule has 1 aromatic heterocycles. The molecule has 2 N–H and O–H groups in total. The Morgan fingerprint density at radius 2 is 1.95 bits per heavy atom. The fourth-order valence-corrected chi connectivity index (χ4v) is 1.30. The van der Waals surface area contributed by atoms with Gasteiger partial charge in [-0.1, -0.05) is 0 Å². The summed E-state index contributed by atoms with van der Waals surface area (Å²) in [6.07, 6.45) is 1.20. The van der Waals surface area contributed by atoms with E-state index in [4.69, 9.17) is 0 Å². The summed E-state index contributed by atoms with van der Waals surface area (Å²) in [5.41, 5.74) is -0.268. The number of likely N-dealkylation sites (N-methyl/N-ethyl adjacent to an activating group) is 1. The SMILES string of the molecule is CCNc1ncnc(NCC(=O)N(C)C)c1[N+](=O)[O-]. The van der Waals surface area contributed by atoms with Crippen molar-refractivity contribution in [2.75, 3.05) is 37.8 Å². The summed E-state index contributed by atoms with van der Waals surface area (Å²) >= 11 is 0. The number of hydrogen-bond donors (Lipinski definition) is 2. The summed E-state index contributed by atoms with van der Waals surface area (Å²) < 4.78 is 0. The summed E-state index contributed by atoms with van der Waals surface area (Å²) in [5.74, 6) is -0.0636. The van der Waals surface area contributed by atoms with Crippen LogP contribution in [-0.4, -0.2) is 52.9 Å². The van der Waals surface area contributed by atoms with Gasteiger partial charge in [0.25, 0.3) is 0 Å². The van der Waals surface area contributed by atoms with E-state index in [1.54, 1.807) is 21.0 Å². The molecule has 0 aliphatic carbocycles. The molecule has 19 heavy (non-hydrogen) atoms. The highest BCUT2D eigenvalue weighted by atomic mass is 16.6. The van der Waals surface area contributed by atoms with E-state index in [-0.39, 0.29) is 29.8 Å². The lowest BCUT2D eigenvalue weighted by molar-refractivity contribution is -0.383. The van der Waals surface area contributed by atoms with E-state index in [2.05, 4.69) is 20.6 Å². The number of nitrogens with zero attached hydrogens (tertiary/aromatic N) is 4. The second-order valence-corrected chi connectivity index (χ2v) is 3.85. The average Bonchev–Trinajstić information content (AvgIpc) is 2.35. The van der Waals surface area contributed by atoms with Gasteiger partial charge in [0, 0.05) is 20.6 Å². The van der Waals surface area contributed by atoms with Crippen LogP contribution in [0.2, 0.25) is 0 Å². The number of nitro groups is 1. The number of nitrogens with one attached hydrogen (secondary N) is 2. The van der Waals surface area contributed by atoms with Crippen molar-refractivity contribution < 1.29 is 9.72 Å². The van der Waals surface area contributed by atoms with Crippen LogP contribution in [-0.2, 0) is 4.79 Å². The monoisotopic (exact) mass is 268 g/mol. The number of carbonyl (C=O) groups is 1. The molecule has 0 saturated carbocycles. The average molecular weight is 268 g/mol. The van der Waals surface area contributed by atoms with Crippen molar-refractivity contribution in [3.05, 3.63) is 16.4 Å². The van der Waals surface area contributed by atoms with Crippen molar-refractivity contribution in [3.8, 4) is 0 Å². The van der Waals surface area contributed by atoms with Crippen LogP contribution in [0, 0.1) is 10.1 Å². The molecule has 104 valence electrons. The van der Waals surface area contributed by atoms with E-state index in [0.29, 0.717) is 6.54 Å². The van der Waals surface area contributed by atoms with Crippen molar-refractivity contribution >= 4 is 23.2 Å². The summed E-state index contributed by atoms with van der Waals surface area (Å²) in [7, 11) is 3.20. The zero-order valence-corrected chi connectivity index (χ0v) is 11.0. The number of amides is 1. The molecule has 0 atom stereocenters. The Bertz CT molecular complexity index is 476. The van der Waals surface area contributed by atoms with Crippen LogP contribution in [0.1, 0.15) is 6.92 Å². The normalized spacial score (nSPS) is 9.84. The molecule has 0 spiro atoms. The molecular weight excluding hydrogens is 252 g/mol. The third-order valence-corrected chi connectivity index (χ3v) is 2.25. The second kappa shape index (κ2) is 6.47. The van der Waals surface area contributed by atoms with Crippen molar-refractivity contribution in [2.24, 2.45) is 0 Å². The Morgan fingerprint density at radius 3 is 2.42 bits per heavy atom. The van der Waals surface area contributed by atoms with E-state index in [1.807, 2.05) is 0 Å². The molecule has 0 unspecified atom stereocenters. The number of rotatable bonds is 6. The van der Waals surface area contributed by atoms with Gasteiger partial charge in [-0.25, -0.2) is 9.97 Å². The third kappa shape index (κ3) is 3.76. The Balaban J connectivity index is 2.96. The van der Waals surface area contributed by atoms with Crippen LogP contribution < -0.4 is 10.6 Å². The number of hydrogen-bond acceptors (Lipinski definition) is 7. The molecule has 1 heterocycles. The highest BCUT2D eigenvalue weighted by Gasteiger charge is 2.22. The quantitative estimate of drug-likeness (QED) is 0.564. The van der Waals surface area contributed by atoms with E-state index >= 15 is 0 Å². The minimum Gasteiger partial charge on any atom is -0.364 e. The first-order valence-corrected chi connectivity index (χ1v) is 5.64. The Labute approximate surface area is 110 Å². The van der Waals surface area contributed by atoms with Gasteiger partial charge < -0.3 is 15.5 Å². The molecule has 0 radical (unpaired) electrons. The molecule has 0 aliphatic heterocycles. The van der Waals surface area contributed by atoms with Gasteiger partial charge in [-0.3, -0.25) is 14.9 Å². The Morgan fingerprint density at radius 1 is 1.37 bits per heavy atom. The summed E-state index contributed by atoms with van der Waals surface area (Å²) in [4.78, 5) is 30.9. The molecule has 0 aromatic carbocycles. The molecule has 1 rings (SSSR count). The predicted molar refractivity (Wildman–Crippen MR) is 70.0 cm³/mol. The lowest BCUT2D eigenvalue weighted by atomic mass is 10.4. The van der Waals surface area contributed by atoms with E-state index in [1.165, 1.54) is 11.2 Å². The lowest BCUT2D eigenvalue weighted by Gasteiger charge is -2.12. The molecule has 1 amide bonds. The van der Waals surface area contributed by atoms with Crippen LogP contribution >= 0.6 is 0 Å². The predicted octanol–water partition coefficient (Wildman–Crippen LogP) is 0.317. The topological polar surface area (TPSA) is 113 Å². The first kappa shape index (κ1) is 14.6. The maximum Gasteiger partial charge on any atom is 0.353 e. The zero-order chi connectivity index (χ0) is 14.4. The van der Waals surface area contributed by atoms with Gasteiger partial charge in [-0.05, 0) is 6.92 Å². The van der Waals surface area contributed by atoms with Crippen molar-refractivity contribution in [2.45, 2.75) is 6.92 Å². The van der Waals surface area contributed by atoms with Gasteiger partial charge >= 0.3 is 5.69 Å². The standard InChI is InChI=1S/C10H16N6O3/c1-4-11-9-8(16(18)19)10(14-6-13-9)12-5-7(17)15(2)3/h6H,4-5H2,1-3H3,(H2,11,12,13,14). The number of aromatic nitrogens is 2. The highest BCUT2D eigenvalue weighted by molar-refractivity contribution is 5.81. The summed E-state index contributed by atoms with van der Waals surface area (Å²) in [6.45, 7) is 2.22. The molecule has 0 fully saturated rings. The molecule has 9 heteroatoms. The summed E-state index contributed by atoms with van der Waals surface area (Å²) in [5, 5.41) is 16.5. The van der Waals surface area contributed by atoms with Crippen LogP contribution in [0.5, 0.6) is 0 Å². The van der Waals surface area contributed by atoms with E-state index in [0.717, 1.165) is 0 Å². The van der Waals surface area contributed by atoms with Crippen LogP contribution in [0.15, 0.2) is 6.33 Å². The van der Waals surface area contributed by atoms with Gasteiger partial charge in [-0.15, -0.1) is 0 Å². The van der Waals surface area contributed by atoms with Crippen molar-refractivity contribution in [1.82, 2.24) is 14.9 Å². The molecule has 9 nitrogen and oxygen atoms in total. The van der Waals surface area contributed by atoms with E-state index in [9.17, 15) is 14.9 Å². The largest absolute Gasteiger partial charge is 0.364 e. The van der Waals surface area contributed by atoms with Crippen molar-refractivity contribution in [3.63, 3.8) is 0 Å². The van der Waals surface area contributed by atoms with E-state index < -0.39 is 4.92 Å². The third-order valence-electron chi connectivity index (χ3n) is 2.25. The maximum absolute atomic E-state index is 11.4. The van der Waals surface area contributed by atoms with Gasteiger partial charge in [0.1, 0.15) is 6.33 Å². The Hall–Kier alpha value is -2.45. The second-order valence-electron chi connectivity index (χ2n) is 3.85. The van der Waals surface area contributed by atoms with Gasteiger partial charge in [0.05, 0.1) is 11.5 Å². The molecule has 0 aliphatic rings. The minimum atomic E-state index is -0.583. The van der Waals surface area contributed by atoms with Gasteiger partial charge in [0.2, 0.25) is 17.5 Å². The highest BCUT2D eigenvalue weighted by Crippen LogP contribution is 2.28. The first-order valence-electron chi connectivity index (χ1n) is 5.64. The van der Waals surface area contributed by atoms with Crippen LogP contribution in [0.25, 0.3) is 0 Å². The number of anilines is 2. The lowest BCUT2D eigenvalue weighted by Crippen LogP contribution is -2.29. The van der Waals surface area contributed by atoms with Crippen LogP contribution in [0.3, 0.4) is 0 Å². The zero-order valence-electron chi connectivity index (χ0n) is 11.0. The Kier molecular flexibility index (Phi) is 4.98. The van der Waals surface area contributed by atoms with Gasteiger partial charge in [0.15, 0.2) is 0 Å². The molecule has 0 saturated heterocycles. The summed E-state index contributed by atoms with van der Waals surface area (Å²) in [6, 6.07) is 0. The van der Waals surface area contributed by atoms with Gasteiger partial charge in [-0.2, -0.15) is 0 Å². The van der Waals surface area contributed by atoms with Crippen LogP contribution in [0.4, 0.5) is 17.3 Å². The molecule has 1 aromatic rings. The minimum absolute atomic E-state index is 0.0196. The first-order chi connectivity index (χ1) is 8.97. The number of carbonyl (C=O) groups excluding carboxylic acids is 1. The molecular formula is C10H16N6O3.